The van der Waals surface area contributed by atoms with Gasteiger partial charge in [-0.05, 0) is 31.9 Å². The van der Waals surface area contributed by atoms with Crippen molar-refractivity contribution in [2.24, 2.45) is 11.1 Å². The van der Waals surface area contributed by atoms with Gasteiger partial charge < -0.3 is 11.1 Å². The number of carbonyl (C=O) groups excluding carboxylic acids is 1. The van der Waals surface area contributed by atoms with E-state index in [1.54, 1.807) is 11.3 Å². The fourth-order valence-electron chi connectivity index (χ4n) is 2.47. The van der Waals surface area contributed by atoms with Gasteiger partial charge in [-0.2, -0.15) is 0 Å². The van der Waals surface area contributed by atoms with E-state index in [1.807, 2.05) is 50.4 Å². The summed E-state index contributed by atoms with van der Waals surface area (Å²) in [5, 5.41) is 6.07. The van der Waals surface area contributed by atoms with E-state index >= 15 is 0 Å². The van der Waals surface area contributed by atoms with Gasteiger partial charge in [0.1, 0.15) is 0 Å². The van der Waals surface area contributed by atoms with E-state index in [-0.39, 0.29) is 18.3 Å². The number of rotatable bonds is 6. The van der Waals surface area contributed by atoms with Gasteiger partial charge in [0, 0.05) is 23.2 Å². The molecule has 0 unspecified atom stereocenters. The smallest absolute Gasteiger partial charge is 0.231 e. The molecule has 0 radical (unpaired) electrons. The third kappa shape index (κ3) is 4.31. The maximum Gasteiger partial charge on any atom is 0.231 e. The minimum Gasteiger partial charge on any atom is -0.329 e. The number of nitrogens with one attached hydrogen (secondary N) is 1. The van der Waals surface area contributed by atoms with Crippen LogP contribution < -0.4 is 11.1 Å². The number of aryl methyl sites for hydroxylation is 1. The first kappa shape index (κ1) is 19.6. The number of halogens is 1. The Labute approximate surface area is 147 Å². The minimum absolute atomic E-state index is 0. The SMILES string of the molecule is CCC(CC)(CN)C(=O)Nc1cccc(-c2csc(C)n2)c1.Cl. The normalized spacial score (nSPS) is 11.0. The number of aromatic nitrogens is 1. The van der Waals surface area contributed by atoms with Crippen molar-refractivity contribution in [2.45, 2.75) is 33.6 Å². The first-order valence-electron chi connectivity index (χ1n) is 7.58. The van der Waals surface area contributed by atoms with Crippen LogP contribution in [0.4, 0.5) is 5.69 Å². The Morgan fingerprint density at radius 3 is 2.57 bits per heavy atom. The predicted molar refractivity (Wildman–Crippen MR) is 100 cm³/mol. The molecule has 0 aliphatic heterocycles. The molecule has 0 fully saturated rings. The molecule has 0 spiro atoms. The highest BCUT2D eigenvalue weighted by molar-refractivity contribution is 7.09. The molecule has 3 N–H and O–H groups in total. The highest BCUT2D eigenvalue weighted by Gasteiger charge is 2.33. The number of hydrogen-bond acceptors (Lipinski definition) is 4. The van der Waals surface area contributed by atoms with Crippen molar-refractivity contribution in [2.75, 3.05) is 11.9 Å². The van der Waals surface area contributed by atoms with Crippen LogP contribution in [0, 0.1) is 12.3 Å². The monoisotopic (exact) mass is 353 g/mol. The van der Waals surface area contributed by atoms with Crippen molar-refractivity contribution < 1.29 is 4.79 Å². The number of hydrogen-bond donors (Lipinski definition) is 2. The summed E-state index contributed by atoms with van der Waals surface area (Å²) in [5.41, 5.74) is 8.08. The topological polar surface area (TPSA) is 68.0 Å². The fourth-order valence-corrected chi connectivity index (χ4v) is 3.09. The van der Waals surface area contributed by atoms with Gasteiger partial charge in [0.05, 0.1) is 16.1 Å². The van der Waals surface area contributed by atoms with Gasteiger partial charge >= 0.3 is 0 Å². The van der Waals surface area contributed by atoms with Crippen LogP contribution in [0.5, 0.6) is 0 Å². The van der Waals surface area contributed by atoms with Gasteiger partial charge in [-0.25, -0.2) is 4.98 Å². The Kier molecular flexibility index (Phi) is 7.19. The van der Waals surface area contributed by atoms with Crippen LogP contribution in [-0.2, 0) is 4.79 Å². The molecule has 0 aliphatic carbocycles. The average Bonchev–Trinajstić information content (AvgIpc) is 2.96. The Morgan fingerprint density at radius 2 is 2.04 bits per heavy atom. The van der Waals surface area contributed by atoms with Crippen LogP contribution in [0.25, 0.3) is 11.3 Å². The van der Waals surface area contributed by atoms with E-state index in [4.69, 9.17) is 5.73 Å². The van der Waals surface area contributed by atoms with Gasteiger partial charge in [-0.3, -0.25) is 4.79 Å². The zero-order valence-electron chi connectivity index (χ0n) is 13.8. The largest absolute Gasteiger partial charge is 0.329 e. The molecular formula is C17H24ClN3OS. The molecule has 2 rings (SSSR count). The number of amides is 1. The minimum atomic E-state index is -0.493. The van der Waals surface area contributed by atoms with E-state index in [1.165, 1.54) is 0 Å². The maximum atomic E-state index is 12.6. The van der Waals surface area contributed by atoms with Crippen LogP contribution in [0.2, 0.25) is 0 Å². The number of carbonyl (C=O) groups is 1. The van der Waals surface area contributed by atoms with Gasteiger partial charge in [0.15, 0.2) is 0 Å². The summed E-state index contributed by atoms with van der Waals surface area (Å²) in [7, 11) is 0. The molecule has 1 aromatic carbocycles. The lowest BCUT2D eigenvalue weighted by molar-refractivity contribution is -0.125. The number of nitrogens with zero attached hydrogens (tertiary/aromatic N) is 1. The molecular weight excluding hydrogens is 330 g/mol. The Hall–Kier alpha value is -1.43. The highest BCUT2D eigenvalue weighted by atomic mass is 35.5. The number of thiazole rings is 1. The molecule has 0 bridgehead atoms. The summed E-state index contributed by atoms with van der Waals surface area (Å²) < 4.78 is 0. The second kappa shape index (κ2) is 8.43. The third-order valence-corrected chi connectivity index (χ3v) is 5.03. The zero-order chi connectivity index (χ0) is 16.2. The van der Waals surface area contributed by atoms with E-state index < -0.39 is 5.41 Å². The van der Waals surface area contributed by atoms with Crippen molar-refractivity contribution in [3.8, 4) is 11.3 Å². The van der Waals surface area contributed by atoms with Crippen LogP contribution in [0.15, 0.2) is 29.6 Å². The zero-order valence-corrected chi connectivity index (χ0v) is 15.4. The van der Waals surface area contributed by atoms with Crippen molar-refractivity contribution in [1.82, 2.24) is 4.98 Å². The third-order valence-electron chi connectivity index (χ3n) is 4.26. The summed E-state index contributed by atoms with van der Waals surface area (Å²) in [4.78, 5) is 17.1. The molecule has 0 saturated heterocycles. The molecule has 0 aliphatic rings. The molecule has 1 heterocycles. The molecule has 1 amide bonds. The lowest BCUT2D eigenvalue weighted by atomic mass is 9.81. The second-order valence-corrected chi connectivity index (χ2v) is 6.54. The molecule has 0 saturated carbocycles. The molecule has 4 nitrogen and oxygen atoms in total. The van der Waals surface area contributed by atoms with Gasteiger partial charge in [-0.1, -0.05) is 26.0 Å². The highest BCUT2D eigenvalue weighted by Crippen LogP contribution is 2.28. The van der Waals surface area contributed by atoms with Gasteiger partial charge in [0.25, 0.3) is 0 Å². The predicted octanol–water partition coefficient (Wildman–Crippen LogP) is 4.24. The lowest BCUT2D eigenvalue weighted by Gasteiger charge is -2.28. The summed E-state index contributed by atoms with van der Waals surface area (Å²) >= 11 is 1.62. The Bertz CT molecular complexity index is 645. The fraction of sp³-hybridized carbons (Fsp3) is 0.412. The molecule has 23 heavy (non-hydrogen) atoms. The van der Waals surface area contributed by atoms with E-state index in [2.05, 4.69) is 10.3 Å². The molecule has 6 heteroatoms. The number of anilines is 1. The van der Waals surface area contributed by atoms with Crippen LogP contribution >= 0.6 is 23.7 Å². The summed E-state index contributed by atoms with van der Waals surface area (Å²) in [5.74, 6) is -0.00777. The summed E-state index contributed by atoms with van der Waals surface area (Å²) in [6.07, 6.45) is 1.47. The quantitative estimate of drug-likeness (QED) is 0.815. The lowest BCUT2D eigenvalue weighted by Crippen LogP contribution is -2.41. The first-order valence-corrected chi connectivity index (χ1v) is 8.46. The van der Waals surface area contributed by atoms with Crippen molar-refractivity contribution >= 4 is 35.3 Å². The number of benzene rings is 1. The Morgan fingerprint density at radius 1 is 1.35 bits per heavy atom. The van der Waals surface area contributed by atoms with Crippen molar-refractivity contribution in [3.63, 3.8) is 0 Å². The van der Waals surface area contributed by atoms with Gasteiger partial charge in [-0.15, -0.1) is 23.7 Å². The first-order chi connectivity index (χ1) is 10.5. The van der Waals surface area contributed by atoms with E-state index in [9.17, 15) is 4.79 Å². The van der Waals surface area contributed by atoms with Crippen LogP contribution in [0.1, 0.15) is 31.7 Å². The standard InChI is InChI=1S/C17H23N3OS.ClH/c1-4-17(5-2,11-18)16(21)20-14-8-6-7-13(9-14)15-10-22-12(3)19-15;/h6-10H,4-5,11,18H2,1-3H3,(H,20,21);1H. The van der Waals surface area contributed by atoms with Crippen molar-refractivity contribution in [1.29, 1.82) is 0 Å². The second-order valence-electron chi connectivity index (χ2n) is 5.48. The molecule has 1 aromatic heterocycles. The molecule has 126 valence electrons. The van der Waals surface area contributed by atoms with Crippen LogP contribution in [-0.4, -0.2) is 17.4 Å². The maximum absolute atomic E-state index is 12.6. The summed E-state index contributed by atoms with van der Waals surface area (Å²) in [6, 6.07) is 7.79. The molecule has 0 atom stereocenters. The Balaban J connectivity index is 0.00000264. The van der Waals surface area contributed by atoms with E-state index in [0.717, 1.165) is 34.8 Å². The summed E-state index contributed by atoms with van der Waals surface area (Å²) in [6.45, 7) is 6.35. The number of nitrogens with two attached hydrogens (primary N) is 1. The van der Waals surface area contributed by atoms with Gasteiger partial charge in [0.2, 0.25) is 5.91 Å². The van der Waals surface area contributed by atoms with Crippen molar-refractivity contribution in [3.05, 3.63) is 34.7 Å². The molecule has 2 aromatic rings. The van der Waals surface area contributed by atoms with Crippen LogP contribution in [0.3, 0.4) is 0 Å². The average molecular weight is 354 g/mol. The van der Waals surface area contributed by atoms with E-state index in [0.29, 0.717) is 6.54 Å².